The third-order valence-electron chi connectivity index (χ3n) is 0.982. The van der Waals surface area contributed by atoms with Crippen molar-refractivity contribution in [3.63, 3.8) is 0 Å². The minimum Gasteiger partial charge on any atom is -0.478 e. The number of amides is 1. The summed E-state index contributed by atoms with van der Waals surface area (Å²) in [6.07, 6.45) is 0.833. The predicted octanol–water partition coefficient (Wildman–Crippen LogP) is 1.34. The summed E-state index contributed by atoms with van der Waals surface area (Å²) in [5, 5.41) is 10.3. The van der Waals surface area contributed by atoms with Crippen molar-refractivity contribution in [1.29, 1.82) is 0 Å². The van der Waals surface area contributed by atoms with Crippen molar-refractivity contribution in [3.05, 3.63) is 24.8 Å². The number of carboxylic acid groups (broad SMARTS) is 1. The van der Waals surface area contributed by atoms with Crippen LogP contribution >= 0.6 is 0 Å². The number of nitrogens with one attached hydrogen (secondary N) is 1. The van der Waals surface area contributed by atoms with Gasteiger partial charge in [0.05, 0.1) is 0 Å². The molecule has 0 aromatic rings. The predicted molar refractivity (Wildman–Crippen MR) is 55.9 cm³/mol. The number of hydrogen-bond donors (Lipinski definition) is 2. The highest BCUT2D eigenvalue weighted by Crippen LogP contribution is 1.87. The van der Waals surface area contributed by atoms with E-state index in [1.807, 2.05) is 13.8 Å². The number of aliphatic carboxylic acids is 1. The standard InChI is InChI=1S/C7H13NO.C3H4O2/c1-5(2)7(9)8-6(3)4;1-2-3(4)5/h6H,1H2,2-4H3,(H,8,9);2H,1H2,(H,4,5). The van der Waals surface area contributed by atoms with Gasteiger partial charge in [0.2, 0.25) is 5.91 Å². The fourth-order valence-corrected chi connectivity index (χ4v) is 0.385. The zero-order valence-electron chi connectivity index (χ0n) is 8.83. The number of carbonyl (C=O) groups is 2. The van der Waals surface area contributed by atoms with E-state index in [4.69, 9.17) is 5.11 Å². The minimum atomic E-state index is -0.981. The quantitative estimate of drug-likeness (QED) is 0.674. The van der Waals surface area contributed by atoms with Gasteiger partial charge >= 0.3 is 5.97 Å². The SMILES string of the molecule is C=C(C)C(=O)NC(C)C.C=CC(=O)O. The second-order valence-electron chi connectivity index (χ2n) is 2.95. The van der Waals surface area contributed by atoms with Gasteiger partial charge in [-0.15, -0.1) is 0 Å². The fourth-order valence-electron chi connectivity index (χ4n) is 0.385. The molecule has 0 bridgehead atoms. The van der Waals surface area contributed by atoms with E-state index in [2.05, 4.69) is 18.5 Å². The Bertz CT molecular complexity index is 232. The van der Waals surface area contributed by atoms with E-state index in [9.17, 15) is 9.59 Å². The fraction of sp³-hybridized carbons (Fsp3) is 0.400. The smallest absolute Gasteiger partial charge is 0.327 e. The van der Waals surface area contributed by atoms with Crippen LogP contribution in [0.3, 0.4) is 0 Å². The van der Waals surface area contributed by atoms with Crippen LogP contribution in [0.2, 0.25) is 0 Å². The lowest BCUT2D eigenvalue weighted by molar-refractivity contribution is -0.131. The maximum Gasteiger partial charge on any atom is 0.327 e. The second kappa shape index (κ2) is 8.04. The van der Waals surface area contributed by atoms with Crippen LogP contribution in [0, 0.1) is 0 Å². The van der Waals surface area contributed by atoms with Crippen molar-refractivity contribution < 1.29 is 14.7 Å². The largest absolute Gasteiger partial charge is 0.478 e. The summed E-state index contributed by atoms with van der Waals surface area (Å²) in [4.78, 5) is 20.0. The van der Waals surface area contributed by atoms with E-state index >= 15 is 0 Å². The third kappa shape index (κ3) is 13.0. The van der Waals surface area contributed by atoms with E-state index in [0.717, 1.165) is 6.08 Å². The molecule has 0 radical (unpaired) electrons. The topological polar surface area (TPSA) is 66.4 Å². The van der Waals surface area contributed by atoms with Crippen LogP contribution in [0.5, 0.6) is 0 Å². The Hall–Kier alpha value is -1.58. The van der Waals surface area contributed by atoms with Crippen LogP contribution in [0.4, 0.5) is 0 Å². The molecule has 2 N–H and O–H groups in total. The highest BCUT2D eigenvalue weighted by molar-refractivity contribution is 5.92. The van der Waals surface area contributed by atoms with Crippen LogP contribution in [0.15, 0.2) is 24.8 Å². The zero-order valence-corrected chi connectivity index (χ0v) is 8.83. The molecule has 80 valence electrons. The highest BCUT2D eigenvalue weighted by atomic mass is 16.4. The Kier molecular flexibility index (Phi) is 8.57. The number of hydrogen-bond acceptors (Lipinski definition) is 2. The molecule has 14 heavy (non-hydrogen) atoms. The van der Waals surface area contributed by atoms with Crippen LogP contribution in [-0.2, 0) is 9.59 Å². The van der Waals surface area contributed by atoms with Crippen molar-refractivity contribution in [2.75, 3.05) is 0 Å². The average Bonchev–Trinajstić information content (AvgIpc) is 2.04. The molecule has 0 heterocycles. The first kappa shape index (κ1) is 14.9. The maximum atomic E-state index is 10.7. The Morgan fingerprint density at radius 2 is 1.79 bits per heavy atom. The Morgan fingerprint density at radius 3 is 1.86 bits per heavy atom. The van der Waals surface area contributed by atoms with Gasteiger partial charge in [-0.2, -0.15) is 0 Å². The molecule has 0 spiro atoms. The van der Waals surface area contributed by atoms with Crippen molar-refractivity contribution in [2.24, 2.45) is 0 Å². The van der Waals surface area contributed by atoms with Crippen molar-refractivity contribution in [2.45, 2.75) is 26.8 Å². The molecule has 0 unspecified atom stereocenters. The van der Waals surface area contributed by atoms with Crippen LogP contribution < -0.4 is 5.32 Å². The van der Waals surface area contributed by atoms with Gasteiger partial charge in [-0.1, -0.05) is 13.2 Å². The van der Waals surface area contributed by atoms with Gasteiger partial charge in [-0.25, -0.2) is 4.79 Å². The lowest BCUT2D eigenvalue weighted by atomic mass is 10.3. The normalized spacial score (nSPS) is 8.29. The molecule has 0 saturated heterocycles. The van der Waals surface area contributed by atoms with Gasteiger partial charge in [0.1, 0.15) is 0 Å². The Morgan fingerprint density at radius 1 is 1.43 bits per heavy atom. The summed E-state index contributed by atoms with van der Waals surface area (Å²) in [6.45, 7) is 12.0. The molecule has 0 aliphatic carbocycles. The van der Waals surface area contributed by atoms with Gasteiger partial charge in [0.25, 0.3) is 0 Å². The Labute approximate surface area is 84.3 Å². The number of carboxylic acids is 1. The number of carbonyl (C=O) groups excluding carboxylic acids is 1. The second-order valence-corrected chi connectivity index (χ2v) is 2.95. The monoisotopic (exact) mass is 199 g/mol. The molecular formula is C10H17NO3. The molecule has 0 aliphatic rings. The molecule has 4 nitrogen and oxygen atoms in total. The molecule has 0 rings (SSSR count). The van der Waals surface area contributed by atoms with Crippen molar-refractivity contribution in [3.8, 4) is 0 Å². The summed E-state index contributed by atoms with van der Waals surface area (Å²) in [5.74, 6) is -1.05. The summed E-state index contributed by atoms with van der Waals surface area (Å²) in [6, 6.07) is 0.203. The molecule has 0 saturated carbocycles. The molecule has 1 amide bonds. The van der Waals surface area contributed by atoms with Crippen molar-refractivity contribution in [1.82, 2.24) is 5.32 Å². The van der Waals surface area contributed by atoms with Gasteiger partial charge < -0.3 is 10.4 Å². The number of rotatable bonds is 3. The Balaban J connectivity index is 0. The van der Waals surface area contributed by atoms with Gasteiger partial charge in [-0.05, 0) is 20.8 Å². The lowest BCUT2D eigenvalue weighted by Gasteiger charge is -2.06. The first-order valence-electron chi connectivity index (χ1n) is 4.13. The van der Waals surface area contributed by atoms with E-state index in [1.54, 1.807) is 6.92 Å². The van der Waals surface area contributed by atoms with Crippen molar-refractivity contribution >= 4 is 11.9 Å². The maximum absolute atomic E-state index is 10.7. The van der Waals surface area contributed by atoms with Crippen LogP contribution in [0.25, 0.3) is 0 Å². The highest BCUT2D eigenvalue weighted by Gasteiger charge is 2.00. The van der Waals surface area contributed by atoms with E-state index in [0.29, 0.717) is 5.57 Å². The average molecular weight is 199 g/mol. The van der Waals surface area contributed by atoms with E-state index in [1.165, 1.54) is 0 Å². The first-order chi connectivity index (χ1) is 6.31. The lowest BCUT2D eigenvalue weighted by Crippen LogP contribution is -2.30. The van der Waals surface area contributed by atoms with Crippen LogP contribution in [0.1, 0.15) is 20.8 Å². The minimum absolute atomic E-state index is 0.0648. The van der Waals surface area contributed by atoms with Gasteiger partial charge in [0.15, 0.2) is 0 Å². The van der Waals surface area contributed by atoms with Crippen LogP contribution in [-0.4, -0.2) is 23.0 Å². The molecule has 0 fully saturated rings. The summed E-state index contributed by atoms with van der Waals surface area (Å²) >= 11 is 0. The van der Waals surface area contributed by atoms with E-state index in [-0.39, 0.29) is 11.9 Å². The molecule has 0 atom stereocenters. The summed E-state index contributed by atoms with van der Waals surface area (Å²) < 4.78 is 0. The molecule has 0 aromatic heterocycles. The third-order valence-corrected chi connectivity index (χ3v) is 0.982. The molecule has 0 aliphatic heterocycles. The zero-order chi connectivity index (χ0) is 11.7. The molecular weight excluding hydrogens is 182 g/mol. The van der Waals surface area contributed by atoms with E-state index < -0.39 is 5.97 Å². The van der Waals surface area contributed by atoms with Gasteiger partial charge in [-0.3, -0.25) is 4.79 Å². The molecule has 0 aromatic carbocycles. The summed E-state index contributed by atoms with van der Waals surface area (Å²) in [7, 11) is 0. The summed E-state index contributed by atoms with van der Waals surface area (Å²) in [5.41, 5.74) is 0.559. The first-order valence-corrected chi connectivity index (χ1v) is 4.13. The molecule has 4 heteroatoms. The van der Waals surface area contributed by atoms with Gasteiger partial charge in [0, 0.05) is 17.7 Å².